The molecule has 12 rings (SSSR count). The lowest BCUT2D eigenvalue weighted by Gasteiger charge is -2.29. The molecule has 3 aliphatic carbocycles. The smallest absolute Gasteiger partial charge is 0.0551 e. The Morgan fingerprint density at radius 3 is 2.23 bits per heavy atom. The molecule has 3 heteroatoms. The molecule has 0 radical (unpaired) electrons. The van der Waals surface area contributed by atoms with Crippen LogP contribution in [0.3, 0.4) is 0 Å². The molecule has 60 heavy (non-hydrogen) atoms. The van der Waals surface area contributed by atoms with E-state index < -0.39 is 0 Å². The third-order valence-corrected chi connectivity index (χ3v) is 14.1. The van der Waals surface area contributed by atoms with Crippen molar-refractivity contribution >= 4 is 65.8 Å². The van der Waals surface area contributed by atoms with Gasteiger partial charge in [-0.1, -0.05) is 158 Å². The molecule has 286 valence electrons. The van der Waals surface area contributed by atoms with Crippen molar-refractivity contribution in [1.82, 2.24) is 4.57 Å². The topological polar surface area (TPSA) is 17.0 Å². The summed E-state index contributed by atoms with van der Waals surface area (Å²) in [5.74, 6) is 0.146. The van der Waals surface area contributed by atoms with Gasteiger partial charge in [-0.05, 0) is 116 Å². The monoisotopic (exact) mass is 786 g/mol. The molecule has 9 aromatic rings. The van der Waals surface area contributed by atoms with Crippen molar-refractivity contribution in [1.29, 1.82) is 0 Å². The van der Waals surface area contributed by atoms with E-state index in [9.17, 15) is 0 Å². The minimum atomic E-state index is 0.0964. The van der Waals surface area contributed by atoms with Crippen LogP contribution < -0.4 is 5.32 Å². The lowest BCUT2D eigenvalue weighted by Crippen LogP contribution is -2.26. The van der Waals surface area contributed by atoms with Gasteiger partial charge in [0.1, 0.15) is 0 Å². The Balaban J connectivity index is 0.871. The van der Waals surface area contributed by atoms with E-state index in [1.54, 1.807) is 0 Å². The Morgan fingerprint density at radius 1 is 0.600 bits per heavy atom. The second-order valence-corrected chi connectivity index (χ2v) is 17.5. The third kappa shape index (κ3) is 6.00. The van der Waals surface area contributed by atoms with Gasteiger partial charge in [0.2, 0.25) is 0 Å². The number of allylic oxidation sites excluding steroid dienone is 6. The van der Waals surface area contributed by atoms with Crippen LogP contribution in [-0.2, 0) is 6.42 Å². The Bertz CT molecular complexity index is 3210. The van der Waals surface area contributed by atoms with Crippen molar-refractivity contribution in [2.75, 3.05) is 5.32 Å². The molecule has 0 bridgehead atoms. The second kappa shape index (κ2) is 14.4. The number of para-hydroxylation sites is 1. The first kappa shape index (κ1) is 35.0. The lowest BCUT2D eigenvalue weighted by molar-refractivity contribution is 0.759. The summed E-state index contributed by atoms with van der Waals surface area (Å²) >= 11 is 1.85. The first-order valence-electron chi connectivity index (χ1n) is 21.2. The summed E-state index contributed by atoms with van der Waals surface area (Å²) in [5.41, 5.74) is 18.4. The fourth-order valence-electron chi connectivity index (χ4n) is 9.96. The van der Waals surface area contributed by atoms with Crippen LogP contribution in [0.1, 0.15) is 41.0 Å². The number of hydrogen-bond donors (Lipinski definition) is 1. The second-order valence-electron chi connectivity index (χ2n) is 16.4. The van der Waals surface area contributed by atoms with E-state index in [-0.39, 0.29) is 12.0 Å². The van der Waals surface area contributed by atoms with Gasteiger partial charge in [-0.25, -0.2) is 0 Å². The zero-order valence-electron chi connectivity index (χ0n) is 33.2. The number of thiophene rings is 1. The Hall–Kier alpha value is -6.94. The number of nitrogens with zero attached hydrogens (tertiary/aromatic N) is 1. The molecule has 0 saturated carbocycles. The van der Waals surface area contributed by atoms with Crippen LogP contribution >= 0.6 is 11.3 Å². The quantitative estimate of drug-likeness (QED) is 0.170. The molecule has 7 aromatic carbocycles. The van der Waals surface area contributed by atoms with Crippen LogP contribution in [0.2, 0.25) is 0 Å². The summed E-state index contributed by atoms with van der Waals surface area (Å²) < 4.78 is 3.90. The van der Waals surface area contributed by atoms with Crippen LogP contribution in [0, 0.1) is 0 Å². The molecule has 2 aromatic heterocycles. The van der Waals surface area contributed by atoms with Crippen molar-refractivity contribution in [3.05, 3.63) is 228 Å². The highest BCUT2D eigenvalue weighted by Gasteiger charge is 2.29. The Labute approximate surface area is 354 Å². The Kier molecular flexibility index (Phi) is 8.41. The molecule has 2 heterocycles. The van der Waals surface area contributed by atoms with Crippen LogP contribution in [0.5, 0.6) is 0 Å². The molecule has 2 nitrogen and oxygen atoms in total. The zero-order valence-corrected chi connectivity index (χ0v) is 34.0. The van der Waals surface area contributed by atoms with Gasteiger partial charge in [-0.2, -0.15) is 0 Å². The fourth-order valence-corrected chi connectivity index (χ4v) is 11.0. The van der Waals surface area contributed by atoms with Crippen LogP contribution in [0.15, 0.2) is 206 Å². The molecule has 1 N–H and O–H groups in total. The first-order chi connectivity index (χ1) is 29.7. The maximum Gasteiger partial charge on any atom is 0.0551 e. The van der Waals surface area contributed by atoms with Crippen molar-refractivity contribution in [3.63, 3.8) is 0 Å². The summed E-state index contributed by atoms with van der Waals surface area (Å²) in [7, 11) is 0. The number of nitrogens with one attached hydrogen (secondary N) is 1. The number of hydrogen-bond acceptors (Lipinski definition) is 2. The molecule has 2 unspecified atom stereocenters. The average molecular weight is 787 g/mol. The van der Waals surface area contributed by atoms with Gasteiger partial charge >= 0.3 is 0 Å². The summed E-state index contributed by atoms with van der Waals surface area (Å²) in [6.07, 6.45) is 12.6. The number of anilines is 1. The molecule has 0 fully saturated rings. The number of fused-ring (bicyclic) bond motifs is 7. The highest BCUT2D eigenvalue weighted by Crippen LogP contribution is 2.46. The highest BCUT2D eigenvalue weighted by atomic mass is 32.1. The molecule has 0 aliphatic heterocycles. The maximum atomic E-state index is 3.90. The van der Waals surface area contributed by atoms with Crippen molar-refractivity contribution < 1.29 is 0 Å². The number of benzene rings is 7. The van der Waals surface area contributed by atoms with Crippen LogP contribution in [0.25, 0.3) is 70.3 Å². The van der Waals surface area contributed by atoms with Gasteiger partial charge in [0, 0.05) is 44.1 Å². The fraction of sp³-hybridized carbons (Fsp3) is 0.0877. The third-order valence-electron chi connectivity index (χ3n) is 12.9. The number of rotatable bonds is 7. The maximum absolute atomic E-state index is 3.90. The minimum Gasteiger partial charge on any atom is -0.378 e. The summed E-state index contributed by atoms with van der Waals surface area (Å²) in [4.78, 5) is 1.30. The van der Waals surface area contributed by atoms with Gasteiger partial charge in [-0.3, -0.25) is 0 Å². The Morgan fingerprint density at radius 2 is 1.35 bits per heavy atom. The SMILES string of the molecule is C1=CC(Nc2ccc(-c3cc4ccccc4s3)cc2)C(c2ccc(-c3ccc4c(c3)c3ccccc3n4C3=C4Cc5ccccc5C4=CCC3)cc2)C=C1c1ccccc1. The van der Waals surface area contributed by atoms with Gasteiger partial charge in [0.15, 0.2) is 0 Å². The minimum absolute atomic E-state index is 0.0964. The van der Waals surface area contributed by atoms with E-state index in [1.165, 1.54) is 98.1 Å². The normalized spacial score (nSPS) is 17.2. The van der Waals surface area contributed by atoms with E-state index >= 15 is 0 Å². The standard InChI is InChI=1S/C57H42N2S/c1-2-11-37(12-3-1)41-27-31-52(58-45-29-25-40(26-30-45)57-36-44-14-5-9-20-56(44)60-57)49(33-41)39-23-21-38(22-24-39)42-28-32-55-51(34-42)48-16-7-8-18-53(48)59(55)54-19-10-17-47-46-15-6-4-13-43(46)35-50(47)54/h1-9,11-18,20-34,36,49,52,58H,10,19,35H2. The molecule has 3 aliphatic rings. The molecule has 2 atom stereocenters. The van der Waals surface area contributed by atoms with Crippen LogP contribution in [-0.4, -0.2) is 10.6 Å². The molecule has 0 amide bonds. The van der Waals surface area contributed by atoms with E-state index in [4.69, 9.17) is 0 Å². The lowest BCUT2D eigenvalue weighted by atomic mass is 9.83. The van der Waals surface area contributed by atoms with E-state index in [2.05, 4.69) is 210 Å². The van der Waals surface area contributed by atoms with Crippen molar-refractivity contribution in [3.8, 4) is 21.6 Å². The number of aromatic nitrogens is 1. The summed E-state index contributed by atoms with van der Waals surface area (Å²) in [5, 5.41) is 7.82. The summed E-state index contributed by atoms with van der Waals surface area (Å²) in [6.45, 7) is 0. The van der Waals surface area contributed by atoms with E-state index in [0.29, 0.717) is 0 Å². The zero-order chi connectivity index (χ0) is 39.6. The van der Waals surface area contributed by atoms with Gasteiger partial charge in [0.05, 0.1) is 17.1 Å². The molecular formula is C57H42N2S. The van der Waals surface area contributed by atoms with Crippen molar-refractivity contribution in [2.45, 2.75) is 31.2 Å². The predicted octanol–water partition coefficient (Wildman–Crippen LogP) is 15.2. The van der Waals surface area contributed by atoms with E-state index in [0.717, 1.165) is 24.9 Å². The summed E-state index contributed by atoms with van der Waals surface area (Å²) in [6, 6.07) is 65.1. The van der Waals surface area contributed by atoms with Gasteiger partial charge < -0.3 is 9.88 Å². The average Bonchev–Trinajstić information content (AvgIpc) is 4.02. The molecule has 0 spiro atoms. The van der Waals surface area contributed by atoms with Crippen molar-refractivity contribution in [2.24, 2.45) is 0 Å². The van der Waals surface area contributed by atoms with Gasteiger partial charge in [-0.15, -0.1) is 11.3 Å². The van der Waals surface area contributed by atoms with Gasteiger partial charge in [0.25, 0.3) is 0 Å². The molecular weight excluding hydrogens is 745 g/mol. The van der Waals surface area contributed by atoms with E-state index in [1.807, 2.05) is 11.3 Å². The highest BCUT2D eigenvalue weighted by molar-refractivity contribution is 7.22. The largest absolute Gasteiger partial charge is 0.378 e. The first-order valence-corrected chi connectivity index (χ1v) is 22.0. The molecule has 0 saturated heterocycles. The predicted molar refractivity (Wildman–Crippen MR) is 256 cm³/mol. The van der Waals surface area contributed by atoms with Crippen LogP contribution in [0.4, 0.5) is 5.69 Å².